The molecule has 1 heterocycles. The van der Waals surface area contributed by atoms with Gasteiger partial charge >= 0.3 is 5.97 Å². The predicted octanol–water partition coefficient (Wildman–Crippen LogP) is 4.39. The minimum atomic E-state index is -0.635. The van der Waals surface area contributed by atoms with Gasteiger partial charge in [0.15, 0.2) is 13.2 Å². The lowest BCUT2D eigenvalue weighted by Gasteiger charge is -2.19. The number of ether oxygens (including phenoxy) is 2. The summed E-state index contributed by atoms with van der Waals surface area (Å²) in [6.07, 6.45) is 0. The number of nitrogens with zero attached hydrogens (tertiary/aromatic N) is 2. The first-order valence-corrected chi connectivity index (χ1v) is 9.96. The number of aryl methyl sites for hydroxylation is 1. The Balaban J connectivity index is 1.59. The van der Waals surface area contributed by atoms with Gasteiger partial charge in [-0.2, -0.15) is 5.26 Å². The Morgan fingerprint density at radius 3 is 2.35 bits per heavy atom. The fraction of sp³-hybridized carbons (Fsp3) is 0.240. The first-order valence-electron chi connectivity index (χ1n) is 9.96. The average Bonchev–Trinajstić information content (AvgIpc) is 3.10. The van der Waals surface area contributed by atoms with Crippen LogP contribution in [0.15, 0.2) is 60.7 Å². The first kappa shape index (κ1) is 21.8. The largest absolute Gasteiger partial charge is 0.482 e. The maximum absolute atomic E-state index is 12.7. The van der Waals surface area contributed by atoms with Crippen LogP contribution in [0.3, 0.4) is 0 Å². The molecule has 0 spiro atoms. The number of rotatable bonds is 8. The van der Waals surface area contributed by atoms with Crippen LogP contribution in [0.4, 0.5) is 0 Å². The smallest absolute Gasteiger partial charge is 0.344 e. The fourth-order valence-corrected chi connectivity index (χ4v) is 3.57. The zero-order valence-corrected chi connectivity index (χ0v) is 17.8. The van der Waals surface area contributed by atoms with Crippen molar-refractivity contribution in [2.75, 3.05) is 13.2 Å². The first-order chi connectivity index (χ1) is 14.9. The number of ketones is 1. The molecule has 0 aliphatic heterocycles. The van der Waals surface area contributed by atoms with Crippen molar-refractivity contribution < 1.29 is 19.1 Å². The van der Waals surface area contributed by atoms with Crippen molar-refractivity contribution in [3.8, 4) is 11.8 Å². The summed E-state index contributed by atoms with van der Waals surface area (Å²) in [5, 5.41) is 8.79. The highest BCUT2D eigenvalue weighted by Gasteiger charge is 2.20. The van der Waals surface area contributed by atoms with E-state index in [2.05, 4.69) is 23.6 Å². The van der Waals surface area contributed by atoms with E-state index in [-0.39, 0.29) is 25.0 Å². The van der Waals surface area contributed by atoms with Gasteiger partial charge in [0.2, 0.25) is 5.78 Å². The van der Waals surface area contributed by atoms with Crippen molar-refractivity contribution in [3.63, 3.8) is 0 Å². The molecule has 0 fully saturated rings. The van der Waals surface area contributed by atoms with Crippen LogP contribution in [0.2, 0.25) is 0 Å². The van der Waals surface area contributed by atoms with Crippen molar-refractivity contribution >= 4 is 11.8 Å². The van der Waals surface area contributed by atoms with Gasteiger partial charge in [-0.15, -0.1) is 0 Å². The molecule has 0 unspecified atom stereocenters. The molecular formula is C25H24N2O4. The third kappa shape index (κ3) is 5.20. The SMILES string of the molecule is Cc1cc(C(=O)COC(=O)COc2ccc(C#N)cc2)c(C)n1[C@H](C)c1ccccc1. The maximum atomic E-state index is 12.7. The van der Waals surface area contributed by atoms with Crippen molar-refractivity contribution in [1.82, 2.24) is 4.57 Å². The highest BCUT2D eigenvalue weighted by atomic mass is 16.6. The van der Waals surface area contributed by atoms with E-state index in [1.165, 1.54) is 0 Å². The summed E-state index contributed by atoms with van der Waals surface area (Å²) >= 11 is 0. The normalized spacial score (nSPS) is 11.4. The summed E-state index contributed by atoms with van der Waals surface area (Å²) in [5.74, 6) is -0.448. The van der Waals surface area contributed by atoms with E-state index in [0.717, 1.165) is 17.0 Å². The minimum Gasteiger partial charge on any atom is -0.482 e. The van der Waals surface area contributed by atoms with E-state index >= 15 is 0 Å². The molecule has 1 aromatic heterocycles. The number of Topliss-reactive ketones (excluding diaryl/α,β-unsaturated/α-hetero) is 1. The molecule has 3 rings (SSSR count). The molecule has 6 heteroatoms. The number of aromatic nitrogens is 1. The molecule has 31 heavy (non-hydrogen) atoms. The number of hydrogen-bond acceptors (Lipinski definition) is 5. The van der Waals surface area contributed by atoms with E-state index in [0.29, 0.717) is 16.9 Å². The van der Waals surface area contributed by atoms with Crippen LogP contribution in [0, 0.1) is 25.2 Å². The molecule has 1 atom stereocenters. The van der Waals surface area contributed by atoms with Gasteiger partial charge in [-0.25, -0.2) is 4.79 Å². The van der Waals surface area contributed by atoms with E-state index in [1.54, 1.807) is 24.3 Å². The zero-order chi connectivity index (χ0) is 22.4. The third-order valence-corrected chi connectivity index (χ3v) is 5.16. The lowest BCUT2D eigenvalue weighted by molar-refractivity contribution is -0.144. The quantitative estimate of drug-likeness (QED) is 0.402. The number of esters is 1. The number of hydrogen-bond donors (Lipinski definition) is 0. The van der Waals surface area contributed by atoms with Gasteiger partial charge < -0.3 is 14.0 Å². The summed E-state index contributed by atoms with van der Waals surface area (Å²) in [5.41, 5.74) is 3.99. The number of carbonyl (C=O) groups excluding carboxylic acids is 2. The number of carbonyl (C=O) groups is 2. The Labute approximate surface area is 181 Å². The third-order valence-electron chi connectivity index (χ3n) is 5.16. The Morgan fingerprint density at radius 1 is 1.03 bits per heavy atom. The second-order valence-electron chi connectivity index (χ2n) is 7.25. The Morgan fingerprint density at radius 2 is 1.71 bits per heavy atom. The fourth-order valence-electron chi connectivity index (χ4n) is 3.57. The van der Waals surface area contributed by atoms with Gasteiger partial charge in [-0.1, -0.05) is 30.3 Å². The van der Waals surface area contributed by atoms with Crippen molar-refractivity contribution in [3.05, 3.63) is 88.7 Å². The molecule has 0 saturated heterocycles. The summed E-state index contributed by atoms with van der Waals surface area (Å²) in [7, 11) is 0. The molecule has 0 bridgehead atoms. The maximum Gasteiger partial charge on any atom is 0.344 e. The molecule has 0 aliphatic carbocycles. The van der Waals surface area contributed by atoms with Gasteiger partial charge in [-0.05, 0) is 56.7 Å². The van der Waals surface area contributed by atoms with Gasteiger partial charge in [0, 0.05) is 17.0 Å². The van der Waals surface area contributed by atoms with Crippen molar-refractivity contribution in [2.45, 2.75) is 26.8 Å². The number of nitriles is 1. The Kier molecular flexibility index (Phi) is 6.88. The van der Waals surface area contributed by atoms with Gasteiger partial charge in [0.1, 0.15) is 5.75 Å². The Bertz CT molecular complexity index is 1110. The number of benzene rings is 2. The molecule has 0 aliphatic rings. The second kappa shape index (κ2) is 9.77. The molecule has 2 aromatic carbocycles. The molecule has 0 saturated carbocycles. The van der Waals surface area contributed by atoms with Crippen LogP contribution in [0.25, 0.3) is 0 Å². The van der Waals surface area contributed by atoms with Crippen LogP contribution in [-0.4, -0.2) is 29.5 Å². The molecular weight excluding hydrogens is 392 g/mol. The monoisotopic (exact) mass is 416 g/mol. The molecule has 3 aromatic rings. The standard InChI is InChI=1S/C25H24N2O4/c1-17-13-23(19(3)27(17)18(2)21-7-5-4-6-8-21)24(28)15-31-25(29)16-30-22-11-9-20(14-26)10-12-22/h4-13,18H,15-16H2,1-3H3/t18-/m1/s1. The van der Waals surface area contributed by atoms with Crippen LogP contribution in [-0.2, 0) is 9.53 Å². The van der Waals surface area contributed by atoms with Crippen LogP contribution in [0.5, 0.6) is 5.75 Å². The Hall–Kier alpha value is -3.85. The molecule has 0 amide bonds. The van der Waals surface area contributed by atoms with E-state index in [9.17, 15) is 9.59 Å². The molecule has 6 nitrogen and oxygen atoms in total. The van der Waals surface area contributed by atoms with Crippen molar-refractivity contribution in [2.24, 2.45) is 0 Å². The topological polar surface area (TPSA) is 81.3 Å². The zero-order valence-electron chi connectivity index (χ0n) is 17.8. The minimum absolute atomic E-state index is 0.0751. The highest BCUT2D eigenvalue weighted by Crippen LogP contribution is 2.25. The highest BCUT2D eigenvalue weighted by molar-refractivity contribution is 5.99. The van der Waals surface area contributed by atoms with Crippen LogP contribution in [0.1, 0.15) is 45.8 Å². The van der Waals surface area contributed by atoms with Crippen LogP contribution >= 0.6 is 0 Å². The lowest BCUT2D eigenvalue weighted by Crippen LogP contribution is -2.20. The van der Waals surface area contributed by atoms with E-state index < -0.39 is 5.97 Å². The molecule has 0 radical (unpaired) electrons. The van der Waals surface area contributed by atoms with Gasteiger partial charge in [0.25, 0.3) is 0 Å². The summed E-state index contributed by atoms with van der Waals surface area (Å²) < 4.78 is 12.5. The average molecular weight is 416 g/mol. The molecule has 158 valence electrons. The second-order valence-corrected chi connectivity index (χ2v) is 7.25. The van der Waals surface area contributed by atoms with Crippen molar-refractivity contribution in [1.29, 1.82) is 5.26 Å². The van der Waals surface area contributed by atoms with Gasteiger partial charge in [0.05, 0.1) is 17.7 Å². The summed E-state index contributed by atoms with van der Waals surface area (Å²) in [4.78, 5) is 24.6. The summed E-state index contributed by atoms with van der Waals surface area (Å²) in [6.45, 7) is 5.28. The van der Waals surface area contributed by atoms with E-state index in [4.69, 9.17) is 14.7 Å². The van der Waals surface area contributed by atoms with E-state index in [1.807, 2.05) is 44.2 Å². The van der Waals surface area contributed by atoms with Gasteiger partial charge in [-0.3, -0.25) is 4.79 Å². The predicted molar refractivity (Wildman–Crippen MR) is 116 cm³/mol. The summed E-state index contributed by atoms with van der Waals surface area (Å²) in [6, 6.07) is 20.4. The lowest BCUT2D eigenvalue weighted by atomic mass is 10.1. The molecule has 0 N–H and O–H groups in total. The van der Waals surface area contributed by atoms with Crippen LogP contribution < -0.4 is 4.74 Å².